The average Bonchev–Trinajstić information content (AvgIpc) is 3.34. The molecule has 1 saturated heterocycles. The maximum absolute atomic E-state index is 13.5. The van der Waals surface area contributed by atoms with Gasteiger partial charge in [0.15, 0.2) is 5.69 Å². The monoisotopic (exact) mass is 470 g/mol. The van der Waals surface area contributed by atoms with Gasteiger partial charge in [0, 0.05) is 18.3 Å². The van der Waals surface area contributed by atoms with Crippen molar-refractivity contribution in [1.29, 1.82) is 0 Å². The second-order valence-electron chi connectivity index (χ2n) is 8.30. The number of amides is 1. The molecule has 1 unspecified atom stereocenters. The van der Waals surface area contributed by atoms with E-state index in [1.807, 2.05) is 30.3 Å². The van der Waals surface area contributed by atoms with Gasteiger partial charge in [0.05, 0.1) is 17.3 Å². The first-order valence-corrected chi connectivity index (χ1v) is 11.1. The number of aromatic nitrogens is 2. The van der Waals surface area contributed by atoms with Crippen molar-refractivity contribution in [2.45, 2.75) is 32.0 Å². The molecule has 9 heteroatoms. The summed E-state index contributed by atoms with van der Waals surface area (Å²) in [4.78, 5) is 27.8. The van der Waals surface area contributed by atoms with E-state index < -0.39 is 28.8 Å². The number of hydrogen-bond acceptors (Lipinski definition) is 4. The fraction of sp³-hybridized carbons (Fsp3) is 0.320. The molecule has 0 bridgehead atoms. The Hall–Kier alpha value is -3.46. The van der Waals surface area contributed by atoms with Crippen LogP contribution in [-0.2, 0) is 6.18 Å². The molecule has 6 nitrogen and oxygen atoms in total. The van der Waals surface area contributed by atoms with Crippen molar-refractivity contribution in [3.05, 3.63) is 93.4 Å². The van der Waals surface area contributed by atoms with Crippen LogP contribution in [0.25, 0.3) is 5.69 Å². The molecule has 0 spiro atoms. The maximum Gasteiger partial charge on any atom is 0.418 e. The third kappa shape index (κ3) is 5.04. The van der Waals surface area contributed by atoms with Crippen LogP contribution in [0.3, 0.4) is 0 Å². The molecule has 1 aliphatic heterocycles. The summed E-state index contributed by atoms with van der Waals surface area (Å²) in [5, 5.41) is 6.82. The highest BCUT2D eigenvalue weighted by molar-refractivity contribution is 5.92. The second kappa shape index (κ2) is 9.80. The van der Waals surface area contributed by atoms with Gasteiger partial charge in [0.2, 0.25) is 5.43 Å². The fourth-order valence-electron chi connectivity index (χ4n) is 4.31. The van der Waals surface area contributed by atoms with E-state index in [0.29, 0.717) is 0 Å². The van der Waals surface area contributed by atoms with Crippen LogP contribution in [0.2, 0.25) is 0 Å². The summed E-state index contributed by atoms with van der Waals surface area (Å²) in [5.74, 6) is -0.719. The Morgan fingerprint density at radius 2 is 1.71 bits per heavy atom. The molecule has 1 amide bonds. The van der Waals surface area contributed by atoms with E-state index >= 15 is 0 Å². The fourth-order valence-corrected chi connectivity index (χ4v) is 4.31. The van der Waals surface area contributed by atoms with Gasteiger partial charge in [-0.15, -0.1) is 0 Å². The normalized spacial score (nSPS) is 15.3. The van der Waals surface area contributed by atoms with Crippen LogP contribution in [0.4, 0.5) is 13.2 Å². The van der Waals surface area contributed by atoms with E-state index in [4.69, 9.17) is 0 Å². The molecule has 1 aromatic heterocycles. The van der Waals surface area contributed by atoms with Crippen molar-refractivity contribution < 1.29 is 18.0 Å². The highest BCUT2D eigenvalue weighted by atomic mass is 19.4. The minimum atomic E-state index is -4.62. The lowest BCUT2D eigenvalue weighted by Crippen LogP contribution is -2.39. The Labute approximate surface area is 195 Å². The minimum Gasteiger partial charge on any atom is -0.349 e. The molecule has 1 aliphatic rings. The first-order valence-electron chi connectivity index (χ1n) is 11.1. The number of carbonyl (C=O) groups is 1. The summed E-state index contributed by atoms with van der Waals surface area (Å²) in [5.41, 5.74) is -1.01. The van der Waals surface area contributed by atoms with E-state index in [1.54, 1.807) is 0 Å². The number of nitrogens with zero attached hydrogens (tertiary/aromatic N) is 3. The van der Waals surface area contributed by atoms with Gasteiger partial charge in [0.25, 0.3) is 5.91 Å². The van der Waals surface area contributed by atoms with Crippen molar-refractivity contribution in [3.63, 3.8) is 0 Å². The highest BCUT2D eigenvalue weighted by Gasteiger charge is 2.34. The van der Waals surface area contributed by atoms with Crippen LogP contribution in [0, 0.1) is 6.92 Å². The van der Waals surface area contributed by atoms with E-state index in [-0.39, 0.29) is 24.0 Å². The predicted octanol–water partition coefficient (Wildman–Crippen LogP) is 4.13. The highest BCUT2D eigenvalue weighted by Crippen LogP contribution is 2.33. The van der Waals surface area contributed by atoms with Crippen LogP contribution in [0.15, 0.2) is 65.5 Å². The predicted molar refractivity (Wildman–Crippen MR) is 122 cm³/mol. The SMILES string of the molecule is Cc1cc(=O)c(C(=O)NCC(c2ccccc2)N2CCCC2)nn1-c1ccccc1C(F)(F)F. The third-order valence-electron chi connectivity index (χ3n) is 5.98. The number of halogens is 3. The molecule has 34 heavy (non-hydrogen) atoms. The first-order chi connectivity index (χ1) is 16.3. The summed E-state index contributed by atoms with van der Waals surface area (Å²) in [7, 11) is 0. The smallest absolute Gasteiger partial charge is 0.349 e. The molecule has 1 N–H and O–H groups in total. The second-order valence-corrected chi connectivity index (χ2v) is 8.30. The van der Waals surface area contributed by atoms with Crippen molar-refractivity contribution >= 4 is 5.91 Å². The Balaban J connectivity index is 1.63. The van der Waals surface area contributed by atoms with Crippen LogP contribution < -0.4 is 10.7 Å². The zero-order chi connectivity index (χ0) is 24.3. The molecule has 0 aliphatic carbocycles. The molecule has 2 heterocycles. The molecule has 1 fully saturated rings. The third-order valence-corrected chi connectivity index (χ3v) is 5.98. The van der Waals surface area contributed by atoms with Gasteiger partial charge in [-0.2, -0.15) is 18.3 Å². The lowest BCUT2D eigenvalue weighted by molar-refractivity contribution is -0.137. The van der Waals surface area contributed by atoms with Crippen LogP contribution in [0.5, 0.6) is 0 Å². The lowest BCUT2D eigenvalue weighted by Gasteiger charge is -2.28. The van der Waals surface area contributed by atoms with Crippen molar-refractivity contribution in [1.82, 2.24) is 20.0 Å². The number of rotatable bonds is 6. The number of carbonyl (C=O) groups excluding carboxylic acids is 1. The number of nitrogens with one attached hydrogen (secondary N) is 1. The summed E-state index contributed by atoms with van der Waals surface area (Å²) >= 11 is 0. The van der Waals surface area contributed by atoms with Gasteiger partial charge in [-0.1, -0.05) is 42.5 Å². The molecular formula is C25H25F3N4O2. The van der Waals surface area contributed by atoms with Gasteiger partial charge >= 0.3 is 6.18 Å². The van der Waals surface area contributed by atoms with Gasteiger partial charge < -0.3 is 5.32 Å². The Kier molecular flexibility index (Phi) is 6.83. The maximum atomic E-state index is 13.5. The summed E-state index contributed by atoms with van der Waals surface area (Å²) in [6, 6.07) is 15.7. The van der Waals surface area contributed by atoms with Gasteiger partial charge in [-0.25, -0.2) is 4.68 Å². The molecule has 0 saturated carbocycles. The standard InChI is InChI=1S/C25H25F3N4O2/c1-17-15-22(33)23(30-32(17)20-12-6-5-11-19(20)25(26,27)28)24(34)29-16-21(31-13-7-8-14-31)18-9-3-2-4-10-18/h2-6,9-12,15,21H,7-8,13-14,16H2,1H3,(H,29,34). The Bertz CT molecular complexity index is 1220. The molecular weight excluding hydrogens is 445 g/mol. The summed E-state index contributed by atoms with van der Waals surface area (Å²) < 4.78 is 41.6. The zero-order valence-corrected chi connectivity index (χ0v) is 18.7. The molecule has 0 radical (unpaired) electrons. The van der Waals surface area contributed by atoms with Gasteiger partial charge in [-0.05, 0) is 50.6 Å². The number of benzene rings is 2. The molecule has 3 aromatic rings. The number of aryl methyl sites for hydroxylation is 1. The number of alkyl halides is 3. The van der Waals surface area contributed by atoms with E-state index in [0.717, 1.165) is 48.3 Å². The molecule has 2 aromatic carbocycles. The summed E-state index contributed by atoms with van der Waals surface area (Å²) in [6.45, 7) is 3.53. The summed E-state index contributed by atoms with van der Waals surface area (Å²) in [6.07, 6.45) is -2.48. The minimum absolute atomic E-state index is 0.0775. The number of para-hydroxylation sites is 1. The first kappa shape index (κ1) is 23.7. The van der Waals surface area contributed by atoms with Crippen LogP contribution >= 0.6 is 0 Å². The van der Waals surface area contributed by atoms with Crippen molar-refractivity contribution in [2.24, 2.45) is 0 Å². The number of hydrogen-bond donors (Lipinski definition) is 1. The lowest BCUT2D eigenvalue weighted by atomic mass is 10.1. The topological polar surface area (TPSA) is 67.2 Å². The quantitative estimate of drug-likeness (QED) is 0.589. The Morgan fingerprint density at radius 3 is 2.38 bits per heavy atom. The Morgan fingerprint density at radius 1 is 1.06 bits per heavy atom. The molecule has 1 atom stereocenters. The number of likely N-dealkylation sites (tertiary alicyclic amines) is 1. The zero-order valence-electron chi connectivity index (χ0n) is 18.7. The largest absolute Gasteiger partial charge is 0.418 e. The van der Waals surface area contributed by atoms with Gasteiger partial charge in [-0.3, -0.25) is 14.5 Å². The van der Waals surface area contributed by atoms with E-state index in [2.05, 4.69) is 15.3 Å². The van der Waals surface area contributed by atoms with E-state index in [1.165, 1.54) is 25.1 Å². The van der Waals surface area contributed by atoms with Crippen LogP contribution in [-0.4, -0.2) is 40.2 Å². The van der Waals surface area contributed by atoms with E-state index in [9.17, 15) is 22.8 Å². The van der Waals surface area contributed by atoms with Crippen molar-refractivity contribution in [3.8, 4) is 5.69 Å². The van der Waals surface area contributed by atoms with Crippen molar-refractivity contribution in [2.75, 3.05) is 19.6 Å². The average molecular weight is 470 g/mol. The molecule has 4 rings (SSSR count). The van der Waals surface area contributed by atoms with Gasteiger partial charge in [0.1, 0.15) is 0 Å². The van der Waals surface area contributed by atoms with Crippen LogP contribution in [0.1, 0.15) is 46.2 Å². The molecule has 178 valence electrons.